The average molecular weight is 182 g/mol. The number of rotatable bonds is 4. The molecule has 0 aliphatic carbocycles. The van der Waals surface area contributed by atoms with Crippen molar-refractivity contribution >= 4 is 5.91 Å². The Morgan fingerprint density at radius 1 is 1.62 bits per heavy atom. The standard InChI is InChI=1S/C8H14N4O/c1-6-10-8(12-11-6)4-3-5-9-7(2)13/h3-5H2,1-2H3,(H,9,13)(H,10,11,12). The van der Waals surface area contributed by atoms with Crippen LogP contribution in [0.4, 0.5) is 0 Å². The zero-order chi connectivity index (χ0) is 9.68. The van der Waals surface area contributed by atoms with E-state index in [1.54, 1.807) is 0 Å². The Labute approximate surface area is 76.9 Å². The van der Waals surface area contributed by atoms with Crippen LogP contribution in [0.15, 0.2) is 0 Å². The Morgan fingerprint density at radius 2 is 2.38 bits per heavy atom. The lowest BCUT2D eigenvalue weighted by molar-refractivity contribution is -0.118. The maximum atomic E-state index is 10.5. The molecule has 0 aromatic carbocycles. The molecule has 1 heterocycles. The van der Waals surface area contributed by atoms with E-state index in [0.29, 0.717) is 6.54 Å². The summed E-state index contributed by atoms with van der Waals surface area (Å²) in [6.07, 6.45) is 1.67. The first-order valence-corrected chi connectivity index (χ1v) is 4.31. The molecule has 0 aliphatic rings. The van der Waals surface area contributed by atoms with Gasteiger partial charge in [-0.25, -0.2) is 4.98 Å². The molecule has 0 saturated heterocycles. The van der Waals surface area contributed by atoms with Crippen LogP contribution in [0.2, 0.25) is 0 Å². The van der Waals surface area contributed by atoms with Crippen LogP contribution in [0.1, 0.15) is 25.0 Å². The summed E-state index contributed by atoms with van der Waals surface area (Å²) in [5, 5.41) is 9.47. The predicted molar refractivity (Wildman–Crippen MR) is 48.1 cm³/mol. The molecule has 0 aliphatic heterocycles. The van der Waals surface area contributed by atoms with E-state index in [4.69, 9.17) is 0 Å². The number of aromatic nitrogens is 3. The zero-order valence-electron chi connectivity index (χ0n) is 7.92. The lowest BCUT2D eigenvalue weighted by Gasteiger charge is -1.98. The number of aromatic amines is 1. The van der Waals surface area contributed by atoms with Crippen molar-refractivity contribution in [2.45, 2.75) is 26.7 Å². The molecule has 1 amide bonds. The Kier molecular flexibility index (Phi) is 3.42. The summed E-state index contributed by atoms with van der Waals surface area (Å²) in [5.74, 6) is 1.64. The largest absolute Gasteiger partial charge is 0.356 e. The van der Waals surface area contributed by atoms with Gasteiger partial charge in [-0.05, 0) is 13.3 Å². The first kappa shape index (κ1) is 9.70. The average Bonchev–Trinajstić information content (AvgIpc) is 2.45. The number of carbonyl (C=O) groups excluding carboxylic acids is 1. The van der Waals surface area contributed by atoms with E-state index in [-0.39, 0.29) is 5.91 Å². The lowest BCUT2D eigenvalue weighted by Crippen LogP contribution is -2.21. The second kappa shape index (κ2) is 4.59. The number of carbonyl (C=O) groups is 1. The number of H-pyrrole nitrogens is 1. The van der Waals surface area contributed by atoms with Gasteiger partial charge in [-0.15, -0.1) is 0 Å². The van der Waals surface area contributed by atoms with Gasteiger partial charge >= 0.3 is 0 Å². The molecule has 72 valence electrons. The highest BCUT2D eigenvalue weighted by Crippen LogP contribution is 1.94. The topological polar surface area (TPSA) is 70.7 Å². The maximum Gasteiger partial charge on any atom is 0.216 e. The van der Waals surface area contributed by atoms with E-state index >= 15 is 0 Å². The predicted octanol–water partition coefficient (Wildman–Crippen LogP) is 0.182. The Hall–Kier alpha value is -1.39. The van der Waals surface area contributed by atoms with Gasteiger partial charge in [0, 0.05) is 19.9 Å². The molecule has 5 nitrogen and oxygen atoms in total. The van der Waals surface area contributed by atoms with Gasteiger partial charge in [0.2, 0.25) is 5.91 Å². The van der Waals surface area contributed by atoms with Crippen LogP contribution in [0.5, 0.6) is 0 Å². The molecule has 0 atom stereocenters. The first-order valence-electron chi connectivity index (χ1n) is 4.31. The van der Waals surface area contributed by atoms with E-state index in [9.17, 15) is 4.79 Å². The molecule has 5 heteroatoms. The Morgan fingerprint density at radius 3 is 2.92 bits per heavy atom. The van der Waals surface area contributed by atoms with E-state index in [2.05, 4.69) is 20.5 Å². The van der Waals surface area contributed by atoms with Gasteiger partial charge in [0.1, 0.15) is 5.82 Å². The van der Waals surface area contributed by atoms with Gasteiger partial charge in [-0.2, -0.15) is 5.10 Å². The fraction of sp³-hybridized carbons (Fsp3) is 0.625. The van der Waals surface area contributed by atoms with Crippen LogP contribution < -0.4 is 5.32 Å². The molecular weight excluding hydrogens is 168 g/mol. The number of hydrogen-bond acceptors (Lipinski definition) is 3. The number of aryl methyl sites for hydroxylation is 2. The van der Waals surface area contributed by atoms with Crippen molar-refractivity contribution in [3.63, 3.8) is 0 Å². The number of nitrogens with zero attached hydrogens (tertiary/aromatic N) is 2. The molecule has 0 spiro atoms. The fourth-order valence-electron chi connectivity index (χ4n) is 1.01. The molecular formula is C8H14N4O. The normalized spacial score (nSPS) is 10.0. The summed E-state index contributed by atoms with van der Waals surface area (Å²) >= 11 is 0. The first-order chi connectivity index (χ1) is 6.18. The molecule has 13 heavy (non-hydrogen) atoms. The summed E-state index contributed by atoms with van der Waals surface area (Å²) < 4.78 is 0. The molecule has 0 fully saturated rings. The minimum Gasteiger partial charge on any atom is -0.356 e. The van der Waals surface area contributed by atoms with Crippen molar-refractivity contribution in [1.82, 2.24) is 20.5 Å². The van der Waals surface area contributed by atoms with E-state index in [0.717, 1.165) is 24.5 Å². The van der Waals surface area contributed by atoms with Gasteiger partial charge in [0.25, 0.3) is 0 Å². The minimum absolute atomic E-state index is 0.00571. The number of amides is 1. The molecule has 0 unspecified atom stereocenters. The summed E-state index contributed by atoms with van der Waals surface area (Å²) in [7, 11) is 0. The Balaban J connectivity index is 2.16. The number of nitrogens with one attached hydrogen (secondary N) is 2. The molecule has 2 N–H and O–H groups in total. The van der Waals surface area contributed by atoms with Gasteiger partial charge in [-0.1, -0.05) is 0 Å². The van der Waals surface area contributed by atoms with Crippen LogP contribution in [-0.2, 0) is 11.2 Å². The van der Waals surface area contributed by atoms with Crippen LogP contribution in [-0.4, -0.2) is 27.6 Å². The van der Waals surface area contributed by atoms with Crippen LogP contribution in [0, 0.1) is 6.92 Å². The van der Waals surface area contributed by atoms with E-state index in [1.807, 2.05) is 6.92 Å². The highest BCUT2D eigenvalue weighted by atomic mass is 16.1. The van der Waals surface area contributed by atoms with Crippen molar-refractivity contribution in [1.29, 1.82) is 0 Å². The summed E-state index contributed by atoms with van der Waals surface area (Å²) in [6.45, 7) is 4.06. The van der Waals surface area contributed by atoms with Crippen molar-refractivity contribution < 1.29 is 4.79 Å². The molecule has 1 rings (SSSR count). The molecule has 0 saturated carbocycles. The van der Waals surface area contributed by atoms with Crippen molar-refractivity contribution in [2.24, 2.45) is 0 Å². The summed E-state index contributed by atoms with van der Waals surface area (Å²) in [4.78, 5) is 14.7. The third-order valence-corrected chi connectivity index (χ3v) is 1.59. The second-order valence-electron chi connectivity index (χ2n) is 2.92. The molecule has 0 radical (unpaired) electrons. The second-order valence-corrected chi connectivity index (χ2v) is 2.92. The lowest BCUT2D eigenvalue weighted by atomic mass is 10.3. The van der Waals surface area contributed by atoms with Gasteiger partial charge in [0.15, 0.2) is 5.82 Å². The van der Waals surface area contributed by atoms with Crippen molar-refractivity contribution in [3.8, 4) is 0 Å². The minimum atomic E-state index is 0.00571. The monoisotopic (exact) mass is 182 g/mol. The van der Waals surface area contributed by atoms with Gasteiger partial charge < -0.3 is 5.32 Å². The summed E-state index contributed by atoms with van der Waals surface area (Å²) in [6, 6.07) is 0. The third kappa shape index (κ3) is 3.68. The smallest absolute Gasteiger partial charge is 0.216 e. The van der Waals surface area contributed by atoms with E-state index < -0.39 is 0 Å². The van der Waals surface area contributed by atoms with Gasteiger partial charge in [0.05, 0.1) is 0 Å². The molecule has 1 aromatic heterocycles. The number of hydrogen-bond donors (Lipinski definition) is 2. The SMILES string of the molecule is CC(=O)NCCCc1n[nH]c(C)n1. The molecule has 0 bridgehead atoms. The maximum absolute atomic E-state index is 10.5. The van der Waals surface area contributed by atoms with Crippen LogP contribution >= 0.6 is 0 Å². The van der Waals surface area contributed by atoms with Crippen molar-refractivity contribution in [2.75, 3.05) is 6.54 Å². The van der Waals surface area contributed by atoms with Crippen LogP contribution in [0.25, 0.3) is 0 Å². The Bertz CT molecular complexity index is 281. The van der Waals surface area contributed by atoms with Crippen molar-refractivity contribution in [3.05, 3.63) is 11.6 Å². The fourth-order valence-corrected chi connectivity index (χ4v) is 1.01. The highest BCUT2D eigenvalue weighted by molar-refractivity contribution is 5.72. The highest BCUT2D eigenvalue weighted by Gasteiger charge is 1.98. The zero-order valence-corrected chi connectivity index (χ0v) is 7.92. The third-order valence-electron chi connectivity index (χ3n) is 1.59. The van der Waals surface area contributed by atoms with E-state index in [1.165, 1.54) is 6.92 Å². The quantitative estimate of drug-likeness (QED) is 0.652. The van der Waals surface area contributed by atoms with Gasteiger partial charge in [-0.3, -0.25) is 9.89 Å². The summed E-state index contributed by atoms with van der Waals surface area (Å²) in [5.41, 5.74) is 0. The van der Waals surface area contributed by atoms with Crippen LogP contribution in [0.3, 0.4) is 0 Å². The molecule has 1 aromatic rings.